The Kier molecular flexibility index (Phi) is 7.37. The summed E-state index contributed by atoms with van der Waals surface area (Å²) < 4.78 is 31.6. The van der Waals surface area contributed by atoms with E-state index in [0.717, 1.165) is 17.2 Å². The molecule has 2 rings (SSSR count). The molecule has 0 unspecified atom stereocenters. The molecular formula is C18H22F2O2. The number of unbranched alkanes of at least 4 members (excludes halogenated alkanes) is 1. The zero-order valence-corrected chi connectivity index (χ0v) is 13.2. The normalized spacial score (nSPS) is 9.86. The lowest BCUT2D eigenvalue weighted by Gasteiger charge is -2.08. The molecule has 0 aliphatic carbocycles. The predicted molar refractivity (Wildman–Crippen MR) is 84.1 cm³/mol. The van der Waals surface area contributed by atoms with Gasteiger partial charge in [-0.25, -0.2) is 0 Å². The minimum Gasteiger partial charge on any atom is -0.505 e. The molecule has 0 aromatic heterocycles. The van der Waals surface area contributed by atoms with Crippen molar-refractivity contribution in [3.63, 3.8) is 0 Å². The minimum atomic E-state index is -1.29. The van der Waals surface area contributed by atoms with Gasteiger partial charge in [-0.05, 0) is 24.6 Å². The molecule has 0 heterocycles. The van der Waals surface area contributed by atoms with E-state index in [0.29, 0.717) is 0 Å². The van der Waals surface area contributed by atoms with Crippen LogP contribution in [0.3, 0.4) is 0 Å². The molecule has 0 fully saturated rings. The van der Waals surface area contributed by atoms with E-state index in [1.165, 1.54) is 18.9 Å². The predicted octanol–water partition coefficient (Wildman–Crippen LogP) is 5.36. The Morgan fingerprint density at radius 3 is 2.05 bits per heavy atom. The van der Waals surface area contributed by atoms with E-state index in [-0.39, 0.29) is 12.4 Å². The van der Waals surface area contributed by atoms with Crippen LogP contribution in [0.2, 0.25) is 0 Å². The van der Waals surface area contributed by atoms with Gasteiger partial charge in [0.2, 0.25) is 11.6 Å². The third-order valence-corrected chi connectivity index (χ3v) is 3.04. The largest absolute Gasteiger partial charge is 0.505 e. The number of hydrogen-bond acceptors (Lipinski definition) is 2. The van der Waals surface area contributed by atoms with E-state index < -0.39 is 17.4 Å². The topological polar surface area (TPSA) is 29.5 Å². The van der Waals surface area contributed by atoms with Crippen molar-refractivity contribution in [3.05, 3.63) is 59.2 Å². The van der Waals surface area contributed by atoms with Gasteiger partial charge in [-0.2, -0.15) is 8.78 Å². The fraction of sp³-hybridized carbons (Fsp3) is 0.333. The number of phenols is 1. The van der Waals surface area contributed by atoms with Gasteiger partial charge >= 0.3 is 0 Å². The highest BCUT2D eigenvalue weighted by Gasteiger charge is 2.13. The number of ether oxygens (including phenoxy) is 1. The molecule has 2 nitrogen and oxygen atoms in total. The number of aromatic hydroxyl groups is 1. The van der Waals surface area contributed by atoms with Gasteiger partial charge in [-0.1, -0.05) is 56.5 Å². The fourth-order valence-corrected chi connectivity index (χ4v) is 1.48. The molecule has 0 amide bonds. The molecule has 0 aliphatic rings. The maximum absolute atomic E-state index is 13.4. The summed E-state index contributed by atoms with van der Waals surface area (Å²) in [7, 11) is 0. The first kappa shape index (κ1) is 18.0. The summed E-state index contributed by atoms with van der Waals surface area (Å²) in [5.74, 6) is -3.42. The van der Waals surface area contributed by atoms with Crippen molar-refractivity contribution in [1.82, 2.24) is 0 Å². The fourth-order valence-electron chi connectivity index (χ4n) is 1.48. The lowest BCUT2D eigenvalue weighted by molar-refractivity contribution is 0.281. The van der Waals surface area contributed by atoms with Crippen molar-refractivity contribution in [2.45, 2.75) is 40.2 Å². The van der Waals surface area contributed by atoms with Crippen LogP contribution in [0.25, 0.3) is 0 Å². The summed E-state index contributed by atoms with van der Waals surface area (Å²) in [6.07, 6.45) is 2.64. The third-order valence-electron chi connectivity index (χ3n) is 3.04. The number of benzene rings is 2. The van der Waals surface area contributed by atoms with Crippen LogP contribution < -0.4 is 4.74 Å². The highest BCUT2D eigenvalue weighted by molar-refractivity contribution is 5.34. The van der Waals surface area contributed by atoms with E-state index >= 15 is 0 Å². The van der Waals surface area contributed by atoms with Gasteiger partial charge in [-0.3, -0.25) is 0 Å². The molecule has 0 saturated heterocycles. The summed E-state index contributed by atoms with van der Waals surface area (Å²) in [5.41, 5.74) is 1.97. The van der Waals surface area contributed by atoms with Crippen LogP contribution in [0, 0.1) is 18.6 Å². The van der Waals surface area contributed by atoms with E-state index in [4.69, 9.17) is 9.84 Å². The van der Waals surface area contributed by atoms with Gasteiger partial charge in [0, 0.05) is 0 Å². The van der Waals surface area contributed by atoms with Crippen molar-refractivity contribution in [1.29, 1.82) is 0 Å². The molecule has 0 atom stereocenters. The quantitative estimate of drug-likeness (QED) is 0.823. The Morgan fingerprint density at radius 1 is 0.909 bits per heavy atom. The molecular weight excluding hydrogens is 286 g/mol. The maximum Gasteiger partial charge on any atom is 0.204 e. The minimum absolute atomic E-state index is 0.140. The van der Waals surface area contributed by atoms with Crippen molar-refractivity contribution in [2.24, 2.45) is 0 Å². The van der Waals surface area contributed by atoms with Crippen LogP contribution in [0.5, 0.6) is 11.5 Å². The second kappa shape index (κ2) is 9.03. The summed E-state index contributed by atoms with van der Waals surface area (Å²) >= 11 is 0. The summed E-state index contributed by atoms with van der Waals surface area (Å²) in [6.45, 7) is 6.46. The molecule has 0 aliphatic heterocycles. The lowest BCUT2D eigenvalue weighted by Crippen LogP contribution is -1.99. The van der Waals surface area contributed by atoms with Gasteiger partial charge < -0.3 is 9.84 Å². The Balaban J connectivity index is 0.000000541. The molecule has 120 valence electrons. The van der Waals surface area contributed by atoms with Crippen molar-refractivity contribution in [2.75, 3.05) is 0 Å². The highest BCUT2D eigenvalue weighted by atomic mass is 19.2. The highest BCUT2D eigenvalue weighted by Crippen LogP contribution is 2.26. The van der Waals surface area contributed by atoms with Crippen LogP contribution in [-0.2, 0) is 6.61 Å². The van der Waals surface area contributed by atoms with E-state index in [9.17, 15) is 8.78 Å². The van der Waals surface area contributed by atoms with Crippen LogP contribution in [-0.4, -0.2) is 5.11 Å². The molecule has 22 heavy (non-hydrogen) atoms. The Bertz CT molecular complexity index is 578. The van der Waals surface area contributed by atoms with Gasteiger partial charge in [0.05, 0.1) is 0 Å². The zero-order valence-electron chi connectivity index (χ0n) is 13.2. The Hall–Kier alpha value is -2.10. The molecule has 0 bridgehead atoms. The second-order valence-corrected chi connectivity index (χ2v) is 4.99. The molecule has 2 aromatic carbocycles. The van der Waals surface area contributed by atoms with Crippen molar-refractivity contribution >= 4 is 0 Å². The standard InChI is InChI=1S/C14H12F2O2.C4H10/c1-9-2-4-10(5-3-9)8-18-12-7-6-11(17)13(15)14(12)16;1-3-4-2/h2-7,17H,8H2,1H3;3-4H2,1-2H3. The first-order valence-electron chi connectivity index (χ1n) is 7.34. The number of phenolic OH excluding ortho intramolecular Hbond substituents is 1. The Labute approximate surface area is 130 Å². The third kappa shape index (κ3) is 5.35. The molecule has 2 aromatic rings. The number of halogens is 2. The first-order chi connectivity index (χ1) is 10.5. The summed E-state index contributed by atoms with van der Waals surface area (Å²) in [4.78, 5) is 0. The summed E-state index contributed by atoms with van der Waals surface area (Å²) in [5, 5.41) is 8.97. The molecule has 0 radical (unpaired) electrons. The van der Waals surface area contributed by atoms with Crippen LogP contribution in [0.4, 0.5) is 8.78 Å². The van der Waals surface area contributed by atoms with Gasteiger partial charge in [-0.15, -0.1) is 0 Å². The average molecular weight is 308 g/mol. The van der Waals surface area contributed by atoms with Crippen LogP contribution in [0.1, 0.15) is 37.8 Å². The Morgan fingerprint density at radius 2 is 1.50 bits per heavy atom. The van der Waals surface area contributed by atoms with Gasteiger partial charge in [0.1, 0.15) is 6.61 Å². The van der Waals surface area contributed by atoms with Crippen molar-refractivity contribution < 1.29 is 18.6 Å². The van der Waals surface area contributed by atoms with Gasteiger partial charge in [0.15, 0.2) is 11.5 Å². The first-order valence-corrected chi connectivity index (χ1v) is 7.34. The van der Waals surface area contributed by atoms with Crippen molar-refractivity contribution in [3.8, 4) is 11.5 Å². The average Bonchev–Trinajstić information content (AvgIpc) is 2.54. The second-order valence-electron chi connectivity index (χ2n) is 4.99. The molecule has 0 spiro atoms. The SMILES string of the molecule is CCCC.Cc1ccc(COc2ccc(O)c(F)c2F)cc1. The van der Waals surface area contributed by atoms with E-state index in [2.05, 4.69) is 13.8 Å². The number of hydrogen-bond donors (Lipinski definition) is 1. The molecule has 4 heteroatoms. The molecule has 1 N–H and O–H groups in total. The summed E-state index contributed by atoms with van der Waals surface area (Å²) in [6, 6.07) is 9.78. The number of rotatable bonds is 4. The maximum atomic E-state index is 13.4. The van der Waals surface area contributed by atoms with Gasteiger partial charge in [0.25, 0.3) is 0 Å². The van der Waals surface area contributed by atoms with Crippen LogP contribution >= 0.6 is 0 Å². The van der Waals surface area contributed by atoms with E-state index in [1.807, 2.05) is 31.2 Å². The lowest BCUT2D eigenvalue weighted by atomic mass is 10.2. The molecule has 0 saturated carbocycles. The van der Waals surface area contributed by atoms with E-state index in [1.54, 1.807) is 0 Å². The zero-order chi connectivity index (χ0) is 16.5. The monoisotopic (exact) mass is 308 g/mol. The smallest absolute Gasteiger partial charge is 0.204 e. The van der Waals surface area contributed by atoms with Crippen LogP contribution in [0.15, 0.2) is 36.4 Å². The number of aryl methyl sites for hydroxylation is 1.